The van der Waals surface area contributed by atoms with Gasteiger partial charge in [-0.2, -0.15) is 0 Å². The molecule has 8 nitrogen and oxygen atoms in total. The lowest BCUT2D eigenvalue weighted by molar-refractivity contribution is -0.113. The van der Waals surface area contributed by atoms with Crippen LogP contribution in [0, 0.1) is 5.82 Å². The van der Waals surface area contributed by atoms with Gasteiger partial charge in [0.1, 0.15) is 23.1 Å². The summed E-state index contributed by atoms with van der Waals surface area (Å²) in [5.74, 6) is 1.88. The maximum absolute atomic E-state index is 13.2. The van der Waals surface area contributed by atoms with Gasteiger partial charge in [-0.1, -0.05) is 11.8 Å². The first-order valence-corrected chi connectivity index (χ1v) is 11.3. The van der Waals surface area contributed by atoms with E-state index in [1.54, 1.807) is 37.4 Å². The topological polar surface area (TPSA) is 87.5 Å². The number of methoxy groups -OCH3 is 2. The number of benzene rings is 2. The van der Waals surface area contributed by atoms with E-state index in [1.165, 1.54) is 31.0 Å². The molecule has 0 spiro atoms. The lowest BCUT2D eigenvalue weighted by Crippen LogP contribution is -2.17. The van der Waals surface area contributed by atoms with Crippen molar-refractivity contribution in [3.05, 3.63) is 54.1 Å². The van der Waals surface area contributed by atoms with Crippen LogP contribution in [0.1, 0.15) is 38.7 Å². The Morgan fingerprint density at radius 1 is 1.06 bits per heavy atom. The van der Waals surface area contributed by atoms with Crippen LogP contribution < -0.4 is 19.5 Å². The molecule has 0 bridgehead atoms. The second kappa shape index (κ2) is 11.0. The van der Waals surface area contributed by atoms with Gasteiger partial charge in [-0.3, -0.25) is 4.79 Å². The lowest BCUT2D eigenvalue weighted by atomic mass is 10.2. The molecular weight excluding hydrogens is 447 g/mol. The fraction of sp³-hybridized carbons (Fsp3) is 0.348. The summed E-state index contributed by atoms with van der Waals surface area (Å²) < 4.78 is 31.5. The molecule has 1 heterocycles. The number of halogens is 1. The smallest absolute Gasteiger partial charge is 0.234 e. The Hall–Kier alpha value is -3.27. The fourth-order valence-electron chi connectivity index (χ4n) is 3.14. The van der Waals surface area contributed by atoms with Crippen molar-refractivity contribution in [2.45, 2.75) is 38.1 Å². The van der Waals surface area contributed by atoms with Crippen LogP contribution >= 0.6 is 11.8 Å². The third kappa shape index (κ3) is 6.16. The summed E-state index contributed by atoms with van der Waals surface area (Å²) in [6.45, 7) is 5.86. The molecule has 2 aromatic carbocycles. The highest BCUT2D eigenvalue weighted by Gasteiger charge is 2.22. The van der Waals surface area contributed by atoms with E-state index in [0.29, 0.717) is 33.9 Å². The molecule has 0 saturated carbocycles. The molecule has 176 valence electrons. The Kier molecular flexibility index (Phi) is 8.16. The number of thioether (sulfide) groups is 1. The average molecular weight is 475 g/mol. The van der Waals surface area contributed by atoms with Gasteiger partial charge >= 0.3 is 0 Å². The molecule has 1 aromatic heterocycles. The molecule has 1 atom stereocenters. The van der Waals surface area contributed by atoms with Crippen LogP contribution in [-0.4, -0.2) is 40.6 Å². The van der Waals surface area contributed by atoms with Gasteiger partial charge in [0.2, 0.25) is 5.91 Å². The van der Waals surface area contributed by atoms with Gasteiger partial charge in [0.15, 0.2) is 17.1 Å². The number of nitrogens with one attached hydrogen (secondary N) is 1. The number of hydrogen-bond donors (Lipinski definition) is 1. The predicted octanol–water partition coefficient (Wildman–Crippen LogP) is 4.89. The number of carbonyl (C=O) groups excluding carboxylic acids is 1. The fourth-order valence-corrected chi connectivity index (χ4v) is 4.01. The number of ether oxygens (including phenoxy) is 3. The van der Waals surface area contributed by atoms with Crippen LogP contribution in [0.2, 0.25) is 0 Å². The second-order valence-electron chi connectivity index (χ2n) is 7.42. The molecule has 0 saturated heterocycles. The van der Waals surface area contributed by atoms with E-state index >= 15 is 0 Å². The summed E-state index contributed by atoms with van der Waals surface area (Å²) in [5.41, 5.74) is 0.552. The van der Waals surface area contributed by atoms with Gasteiger partial charge in [0.05, 0.1) is 25.7 Å². The summed E-state index contributed by atoms with van der Waals surface area (Å²) in [6, 6.07) is 11.0. The normalized spacial score (nSPS) is 11.8. The first kappa shape index (κ1) is 24.4. The van der Waals surface area contributed by atoms with Crippen LogP contribution in [0.25, 0.3) is 0 Å². The number of carbonyl (C=O) groups is 1. The number of rotatable bonds is 10. The average Bonchev–Trinajstić information content (AvgIpc) is 3.24. The Balaban J connectivity index is 1.68. The highest BCUT2D eigenvalue weighted by atomic mass is 32.2. The third-order valence-electron chi connectivity index (χ3n) is 4.71. The van der Waals surface area contributed by atoms with E-state index in [2.05, 4.69) is 15.5 Å². The number of nitrogens with zero attached hydrogens (tertiary/aromatic N) is 3. The molecule has 3 aromatic rings. The highest BCUT2D eigenvalue weighted by molar-refractivity contribution is 7.99. The van der Waals surface area contributed by atoms with Crippen molar-refractivity contribution in [2.75, 3.05) is 25.3 Å². The number of amides is 1. The monoisotopic (exact) mass is 474 g/mol. The van der Waals surface area contributed by atoms with E-state index in [-0.39, 0.29) is 23.5 Å². The molecule has 0 fully saturated rings. The first-order valence-electron chi connectivity index (χ1n) is 10.3. The minimum absolute atomic E-state index is 0.0431. The summed E-state index contributed by atoms with van der Waals surface area (Å²) in [5, 5.41) is 12.0. The molecule has 1 amide bonds. The van der Waals surface area contributed by atoms with Crippen LogP contribution in [0.15, 0.2) is 47.6 Å². The molecule has 1 N–H and O–H groups in total. The molecule has 3 rings (SSSR count). The molecule has 0 aliphatic heterocycles. The van der Waals surface area contributed by atoms with Gasteiger partial charge in [-0.05, 0) is 57.2 Å². The van der Waals surface area contributed by atoms with Crippen molar-refractivity contribution in [2.24, 2.45) is 0 Å². The molecule has 0 aliphatic rings. The van der Waals surface area contributed by atoms with Crippen LogP contribution in [0.5, 0.6) is 17.2 Å². The zero-order valence-corrected chi connectivity index (χ0v) is 20.0. The molecular formula is C23H27FN4O4S. The third-order valence-corrected chi connectivity index (χ3v) is 5.66. The minimum Gasteiger partial charge on any atom is -0.497 e. The molecule has 10 heteroatoms. The van der Waals surface area contributed by atoms with E-state index in [4.69, 9.17) is 14.2 Å². The van der Waals surface area contributed by atoms with Gasteiger partial charge in [0.25, 0.3) is 0 Å². The highest BCUT2D eigenvalue weighted by Crippen LogP contribution is 2.30. The quantitative estimate of drug-likeness (QED) is 0.419. The van der Waals surface area contributed by atoms with Crippen molar-refractivity contribution in [1.29, 1.82) is 0 Å². The molecule has 0 radical (unpaired) electrons. The van der Waals surface area contributed by atoms with E-state index < -0.39 is 6.10 Å². The zero-order chi connectivity index (χ0) is 24.0. The molecule has 1 unspecified atom stereocenters. The van der Waals surface area contributed by atoms with Gasteiger partial charge in [-0.25, -0.2) is 4.39 Å². The summed E-state index contributed by atoms with van der Waals surface area (Å²) in [7, 11) is 3.09. The maximum Gasteiger partial charge on any atom is 0.234 e. The van der Waals surface area contributed by atoms with Gasteiger partial charge < -0.3 is 24.1 Å². The van der Waals surface area contributed by atoms with Gasteiger partial charge in [-0.15, -0.1) is 10.2 Å². The largest absolute Gasteiger partial charge is 0.497 e. The molecule has 33 heavy (non-hydrogen) atoms. The van der Waals surface area contributed by atoms with Crippen molar-refractivity contribution < 1.29 is 23.4 Å². The number of hydrogen-bond acceptors (Lipinski definition) is 7. The number of aromatic nitrogens is 3. The van der Waals surface area contributed by atoms with E-state index in [1.807, 2.05) is 25.3 Å². The second-order valence-corrected chi connectivity index (χ2v) is 8.36. The summed E-state index contributed by atoms with van der Waals surface area (Å²) in [4.78, 5) is 12.6. The Morgan fingerprint density at radius 3 is 2.39 bits per heavy atom. The zero-order valence-electron chi connectivity index (χ0n) is 19.2. The number of anilines is 1. The van der Waals surface area contributed by atoms with Crippen molar-refractivity contribution in [3.8, 4) is 17.2 Å². The van der Waals surface area contributed by atoms with Crippen molar-refractivity contribution in [3.63, 3.8) is 0 Å². The van der Waals surface area contributed by atoms with Crippen molar-refractivity contribution >= 4 is 23.4 Å². The van der Waals surface area contributed by atoms with Crippen LogP contribution in [0.4, 0.5) is 10.1 Å². The van der Waals surface area contributed by atoms with E-state index in [9.17, 15) is 9.18 Å². The van der Waals surface area contributed by atoms with E-state index in [0.717, 1.165) is 0 Å². The first-order chi connectivity index (χ1) is 15.8. The summed E-state index contributed by atoms with van der Waals surface area (Å²) in [6.07, 6.45) is -0.419. The standard InChI is InChI=1S/C23H27FN4O4S/c1-14(2)28-22(15(3)32-17-8-6-16(24)7-9-17)26-27-23(28)33-13-21(29)25-19-11-10-18(30-4)12-20(19)31-5/h6-12,14-15H,13H2,1-5H3,(H,25,29). The lowest BCUT2D eigenvalue weighted by Gasteiger charge is -2.19. The minimum atomic E-state index is -0.419. The Labute approximate surface area is 196 Å². The van der Waals surface area contributed by atoms with Crippen LogP contribution in [0.3, 0.4) is 0 Å². The molecule has 0 aliphatic carbocycles. The van der Waals surface area contributed by atoms with Crippen molar-refractivity contribution in [1.82, 2.24) is 14.8 Å². The summed E-state index contributed by atoms with van der Waals surface area (Å²) >= 11 is 1.28. The van der Waals surface area contributed by atoms with Crippen LogP contribution in [-0.2, 0) is 4.79 Å². The predicted molar refractivity (Wildman–Crippen MR) is 125 cm³/mol. The SMILES string of the molecule is COc1ccc(NC(=O)CSc2nnc(C(C)Oc3ccc(F)cc3)n2C(C)C)c(OC)c1. The Morgan fingerprint density at radius 2 is 1.76 bits per heavy atom. The van der Waals surface area contributed by atoms with Gasteiger partial charge in [0, 0.05) is 12.1 Å². The Bertz CT molecular complexity index is 1090. The maximum atomic E-state index is 13.2.